The third kappa shape index (κ3) is 6.20. The number of rotatable bonds is 8. The van der Waals surface area contributed by atoms with E-state index >= 15 is 0 Å². The molecule has 0 amide bonds. The minimum atomic E-state index is -0.245. The van der Waals surface area contributed by atoms with E-state index in [4.69, 9.17) is 9.47 Å². The smallest absolute Gasteiger partial charge is 0.309 e. The van der Waals surface area contributed by atoms with E-state index in [-0.39, 0.29) is 12.4 Å². The van der Waals surface area contributed by atoms with Crippen LogP contribution in [-0.4, -0.2) is 19.7 Å². The van der Waals surface area contributed by atoms with Gasteiger partial charge in [0.15, 0.2) is 0 Å². The van der Waals surface area contributed by atoms with Crippen LogP contribution in [0, 0.1) is 0 Å². The molecule has 0 spiro atoms. The molecule has 4 aromatic carbocycles. The molecule has 3 nitrogen and oxygen atoms in total. The zero-order chi connectivity index (χ0) is 22.9. The van der Waals surface area contributed by atoms with Gasteiger partial charge >= 0.3 is 5.97 Å². The molecule has 0 aliphatic carbocycles. The summed E-state index contributed by atoms with van der Waals surface area (Å²) in [5.74, 6) is 0.556. The summed E-state index contributed by atoms with van der Waals surface area (Å²) in [6.07, 6.45) is 4.34. The lowest BCUT2D eigenvalue weighted by molar-refractivity contribution is -0.139. The quantitative estimate of drug-likeness (QED) is 0.285. The third-order valence-corrected chi connectivity index (χ3v) is 5.34. The highest BCUT2D eigenvalue weighted by Gasteiger charge is 2.05. The first kappa shape index (κ1) is 22.1. The molecular formula is C30H26O3. The number of carbonyl (C=O) groups excluding carboxylic acids is 1. The van der Waals surface area contributed by atoms with Crippen LogP contribution in [0.25, 0.3) is 28.3 Å². The molecule has 0 aliphatic heterocycles. The van der Waals surface area contributed by atoms with Crippen LogP contribution in [0.3, 0.4) is 0 Å². The molecule has 0 atom stereocenters. The highest BCUT2D eigenvalue weighted by Crippen LogP contribution is 2.25. The van der Waals surface area contributed by atoms with Crippen LogP contribution < -0.4 is 4.74 Å². The van der Waals surface area contributed by atoms with Gasteiger partial charge in [-0.3, -0.25) is 4.79 Å². The first-order valence-corrected chi connectivity index (χ1v) is 10.9. The maximum absolute atomic E-state index is 11.6. The summed E-state index contributed by atoms with van der Waals surface area (Å²) < 4.78 is 10.7. The summed E-state index contributed by atoms with van der Waals surface area (Å²) in [4.78, 5) is 11.6. The summed E-state index contributed by atoms with van der Waals surface area (Å²) in [6.45, 7) is 0.478. The van der Waals surface area contributed by atoms with Gasteiger partial charge in [0.2, 0.25) is 0 Å². The monoisotopic (exact) mass is 434 g/mol. The van der Waals surface area contributed by atoms with Gasteiger partial charge in [-0.1, -0.05) is 97.1 Å². The molecule has 4 rings (SSSR count). The maximum atomic E-state index is 11.6. The van der Waals surface area contributed by atoms with Gasteiger partial charge in [-0.25, -0.2) is 0 Å². The Labute approximate surface area is 194 Å². The van der Waals surface area contributed by atoms with E-state index in [1.54, 1.807) is 0 Å². The number of methoxy groups -OCH3 is 1. The van der Waals surface area contributed by atoms with E-state index < -0.39 is 0 Å². The minimum absolute atomic E-state index is 0.245. The van der Waals surface area contributed by atoms with Gasteiger partial charge < -0.3 is 9.47 Å². The summed E-state index contributed by atoms with van der Waals surface area (Å²) in [7, 11) is 1.40. The van der Waals surface area contributed by atoms with Crippen LogP contribution in [-0.2, 0) is 16.0 Å². The Morgan fingerprint density at radius 2 is 1.39 bits per heavy atom. The standard InChI is InChI=1S/C30H26O3/c1-32-30(31)21-24-8-5-12-27(20-24)28-13-6-14-29(22-28)33-19-7-9-23-15-17-26(18-16-23)25-10-3-2-4-11-25/h2-18,20,22H,19,21H2,1H3/b9-7+. The number of benzene rings is 4. The second kappa shape index (κ2) is 11.0. The van der Waals surface area contributed by atoms with Crippen molar-refractivity contribution < 1.29 is 14.3 Å². The predicted molar refractivity (Wildman–Crippen MR) is 134 cm³/mol. The Kier molecular flexibility index (Phi) is 7.34. The molecule has 0 aromatic heterocycles. The molecule has 0 bridgehead atoms. The van der Waals surface area contributed by atoms with Gasteiger partial charge in [0.25, 0.3) is 0 Å². The van der Waals surface area contributed by atoms with E-state index in [1.165, 1.54) is 18.2 Å². The number of hydrogen-bond donors (Lipinski definition) is 0. The van der Waals surface area contributed by atoms with Crippen molar-refractivity contribution in [2.24, 2.45) is 0 Å². The maximum Gasteiger partial charge on any atom is 0.309 e. The Morgan fingerprint density at radius 1 is 0.727 bits per heavy atom. The lowest BCUT2D eigenvalue weighted by Gasteiger charge is -2.08. The van der Waals surface area contributed by atoms with E-state index in [0.717, 1.165) is 28.0 Å². The Morgan fingerprint density at radius 3 is 2.15 bits per heavy atom. The van der Waals surface area contributed by atoms with Crippen molar-refractivity contribution in [1.29, 1.82) is 0 Å². The topological polar surface area (TPSA) is 35.5 Å². The number of ether oxygens (including phenoxy) is 2. The SMILES string of the molecule is COC(=O)Cc1cccc(-c2cccc(OC/C=C/c3ccc(-c4ccccc4)cc3)c2)c1. The van der Waals surface area contributed by atoms with Crippen LogP contribution in [0.2, 0.25) is 0 Å². The van der Waals surface area contributed by atoms with Crippen molar-refractivity contribution >= 4 is 12.0 Å². The molecule has 0 unspecified atom stereocenters. The molecule has 0 radical (unpaired) electrons. The zero-order valence-electron chi connectivity index (χ0n) is 18.6. The lowest BCUT2D eigenvalue weighted by atomic mass is 10.0. The number of esters is 1. The molecule has 0 N–H and O–H groups in total. The van der Waals surface area contributed by atoms with Crippen LogP contribution in [0.1, 0.15) is 11.1 Å². The van der Waals surface area contributed by atoms with Crippen molar-refractivity contribution in [3.8, 4) is 28.0 Å². The van der Waals surface area contributed by atoms with E-state index in [1.807, 2.05) is 60.7 Å². The molecular weight excluding hydrogens is 408 g/mol. The van der Waals surface area contributed by atoms with Gasteiger partial charge in [-0.2, -0.15) is 0 Å². The second-order valence-electron chi connectivity index (χ2n) is 7.68. The van der Waals surface area contributed by atoms with Gasteiger partial charge in [0.1, 0.15) is 12.4 Å². The second-order valence-corrected chi connectivity index (χ2v) is 7.68. The molecule has 33 heavy (non-hydrogen) atoms. The molecule has 0 aliphatic rings. The lowest BCUT2D eigenvalue weighted by Crippen LogP contribution is -2.04. The van der Waals surface area contributed by atoms with Gasteiger partial charge in [0, 0.05) is 0 Å². The van der Waals surface area contributed by atoms with Crippen molar-refractivity contribution in [3.63, 3.8) is 0 Å². The summed E-state index contributed by atoms with van der Waals surface area (Å²) in [5.41, 5.74) is 6.56. The Balaban J connectivity index is 1.36. The summed E-state index contributed by atoms with van der Waals surface area (Å²) in [6, 6.07) is 34.7. The van der Waals surface area contributed by atoms with Crippen LogP contribution in [0.5, 0.6) is 5.75 Å². The van der Waals surface area contributed by atoms with Crippen molar-refractivity contribution in [3.05, 3.63) is 120 Å². The average molecular weight is 435 g/mol. The van der Waals surface area contributed by atoms with Crippen LogP contribution >= 0.6 is 0 Å². The van der Waals surface area contributed by atoms with Gasteiger partial charge in [-0.05, 0) is 51.6 Å². The number of carbonyl (C=O) groups is 1. The minimum Gasteiger partial charge on any atom is -0.490 e. The van der Waals surface area contributed by atoms with E-state index in [0.29, 0.717) is 6.61 Å². The highest BCUT2D eigenvalue weighted by molar-refractivity contribution is 5.74. The average Bonchev–Trinajstić information content (AvgIpc) is 2.88. The molecule has 0 fully saturated rings. The Hall–Kier alpha value is -4.11. The summed E-state index contributed by atoms with van der Waals surface area (Å²) >= 11 is 0. The van der Waals surface area contributed by atoms with Crippen molar-refractivity contribution in [2.75, 3.05) is 13.7 Å². The summed E-state index contributed by atoms with van der Waals surface area (Å²) in [5, 5.41) is 0. The van der Waals surface area contributed by atoms with Crippen molar-refractivity contribution in [1.82, 2.24) is 0 Å². The van der Waals surface area contributed by atoms with E-state index in [2.05, 4.69) is 54.6 Å². The first-order valence-electron chi connectivity index (χ1n) is 10.9. The predicted octanol–water partition coefficient (Wildman–Crippen LogP) is 6.83. The molecule has 3 heteroatoms. The normalized spacial score (nSPS) is 10.8. The van der Waals surface area contributed by atoms with Crippen molar-refractivity contribution in [2.45, 2.75) is 6.42 Å². The highest BCUT2D eigenvalue weighted by atomic mass is 16.5. The van der Waals surface area contributed by atoms with Gasteiger partial charge in [-0.15, -0.1) is 0 Å². The third-order valence-electron chi connectivity index (χ3n) is 5.34. The fourth-order valence-corrected chi connectivity index (χ4v) is 3.61. The molecule has 0 saturated carbocycles. The van der Waals surface area contributed by atoms with Crippen LogP contribution in [0.4, 0.5) is 0 Å². The fourth-order valence-electron chi connectivity index (χ4n) is 3.61. The molecule has 0 heterocycles. The number of hydrogen-bond acceptors (Lipinski definition) is 3. The molecule has 164 valence electrons. The Bertz CT molecular complexity index is 1220. The van der Waals surface area contributed by atoms with Gasteiger partial charge in [0.05, 0.1) is 13.5 Å². The first-order chi connectivity index (χ1) is 16.2. The molecule has 4 aromatic rings. The van der Waals surface area contributed by atoms with Crippen LogP contribution in [0.15, 0.2) is 109 Å². The fraction of sp³-hybridized carbons (Fsp3) is 0.100. The van der Waals surface area contributed by atoms with E-state index in [9.17, 15) is 4.79 Å². The zero-order valence-corrected chi connectivity index (χ0v) is 18.6. The molecule has 0 saturated heterocycles. The largest absolute Gasteiger partial charge is 0.490 e.